The van der Waals surface area contributed by atoms with Crippen LogP contribution in [0.5, 0.6) is 11.5 Å². The summed E-state index contributed by atoms with van der Waals surface area (Å²) >= 11 is 0. The molecular formula is C23H33N5O2. The molecule has 0 saturated heterocycles. The van der Waals surface area contributed by atoms with Crippen LogP contribution in [-0.2, 0) is 0 Å². The topological polar surface area (TPSA) is 109 Å². The van der Waals surface area contributed by atoms with Gasteiger partial charge in [-0.1, -0.05) is 39.2 Å². The minimum atomic E-state index is -0.0340. The zero-order valence-corrected chi connectivity index (χ0v) is 18.2. The Morgan fingerprint density at radius 3 is 2.40 bits per heavy atom. The smallest absolute Gasteiger partial charge is 0.163 e. The van der Waals surface area contributed by atoms with Gasteiger partial charge in [-0.15, -0.1) is 0 Å². The number of benzene rings is 1. The second-order valence-electron chi connectivity index (χ2n) is 6.64. The highest BCUT2D eigenvalue weighted by atomic mass is 16.5. The molecule has 0 saturated carbocycles. The molecule has 3 rings (SSSR count). The average molecular weight is 412 g/mol. The Kier molecular flexibility index (Phi) is 12.0. The first-order chi connectivity index (χ1) is 14.5. The molecule has 162 valence electrons. The fourth-order valence-electron chi connectivity index (χ4n) is 2.20. The summed E-state index contributed by atoms with van der Waals surface area (Å²) in [6.07, 6.45) is 10.8. The highest BCUT2D eigenvalue weighted by Gasteiger charge is 2.07. The highest BCUT2D eigenvalue weighted by Crippen LogP contribution is 2.31. The number of aromatic hydroxyl groups is 1. The third-order valence-corrected chi connectivity index (χ3v) is 3.60. The first-order valence-corrected chi connectivity index (χ1v) is 10.2. The van der Waals surface area contributed by atoms with Crippen molar-refractivity contribution in [2.45, 2.75) is 53.1 Å². The van der Waals surface area contributed by atoms with Crippen LogP contribution in [0.3, 0.4) is 0 Å². The van der Waals surface area contributed by atoms with E-state index in [9.17, 15) is 5.11 Å². The molecule has 0 amide bonds. The maximum Gasteiger partial charge on any atom is 0.163 e. The third-order valence-electron chi connectivity index (χ3n) is 3.60. The molecule has 0 aliphatic rings. The second kappa shape index (κ2) is 14.6. The van der Waals surface area contributed by atoms with Gasteiger partial charge in [0.15, 0.2) is 11.5 Å². The number of hydrogen-bond acceptors (Lipinski definition) is 5. The largest absolute Gasteiger partial charge is 0.504 e. The number of pyridine rings is 1. The summed E-state index contributed by atoms with van der Waals surface area (Å²) in [7, 11) is 0. The molecule has 1 aromatic carbocycles. The lowest BCUT2D eigenvalue weighted by Gasteiger charge is -2.11. The van der Waals surface area contributed by atoms with E-state index in [0.29, 0.717) is 23.0 Å². The van der Waals surface area contributed by atoms with Crippen molar-refractivity contribution in [1.82, 2.24) is 15.0 Å². The van der Waals surface area contributed by atoms with E-state index in [4.69, 9.17) is 10.5 Å². The Bertz CT molecular complexity index is 815. The molecule has 30 heavy (non-hydrogen) atoms. The first kappa shape index (κ1) is 24.7. The van der Waals surface area contributed by atoms with Crippen LogP contribution < -0.4 is 10.5 Å². The van der Waals surface area contributed by atoms with Gasteiger partial charge < -0.3 is 20.6 Å². The number of nitrogens with zero attached hydrogens (tertiary/aromatic N) is 3. The molecule has 0 radical (unpaired) electrons. The maximum atomic E-state index is 9.72. The van der Waals surface area contributed by atoms with Gasteiger partial charge in [0, 0.05) is 24.7 Å². The number of imidazole rings is 1. The molecule has 0 unspecified atom stereocenters. The lowest BCUT2D eigenvalue weighted by atomic mass is 10.2. The number of nitrogens with one attached hydrogen (secondary N) is 1. The van der Waals surface area contributed by atoms with Crippen LogP contribution in [0, 0.1) is 0 Å². The molecule has 0 atom stereocenters. The summed E-state index contributed by atoms with van der Waals surface area (Å²) in [5, 5.41) is 9.72. The Morgan fingerprint density at radius 2 is 1.93 bits per heavy atom. The van der Waals surface area contributed by atoms with E-state index in [-0.39, 0.29) is 11.9 Å². The van der Waals surface area contributed by atoms with Gasteiger partial charge in [0.2, 0.25) is 0 Å². The van der Waals surface area contributed by atoms with Crippen LogP contribution in [0.25, 0.3) is 0 Å². The predicted octanol–water partition coefficient (Wildman–Crippen LogP) is 5.22. The van der Waals surface area contributed by atoms with Crippen LogP contribution in [0.2, 0.25) is 0 Å². The molecule has 0 aliphatic carbocycles. The van der Waals surface area contributed by atoms with E-state index in [0.717, 1.165) is 0 Å². The van der Waals surface area contributed by atoms with Gasteiger partial charge in [-0.05, 0) is 38.1 Å². The molecular weight excluding hydrogens is 378 g/mol. The minimum absolute atomic E-state index is 0.0340. The number of aromatic amines is 1. The predicted molar refractivity (Wildman–Crippen MR) is 122 cm³/mol. The van der Waals surface area contributed by atoms with Crippen molar-refractivity contribution >= 4 is 11.5 Å². The maximum absolute atomic E-state index is 9.72. The van der Waals surface area contributed by atoms with E-state index < -0.39 is 0 Å². The standard InChI is InChI=1S/C15H17N3O2.C5H12.C3H4N2/c1-10(2)20-14-9-11(6-7-13(14)19)18-15(16)12-5-3-4-8-17-12;1-3-5-4-2;1-2-5-3-4-1/h3-10,19H,1-2H3,(H2,16,18);3-5H2,1-2H3;1-3H,(H,4,5). The normalized spacial score (nSPS) is 10.5. The molecule has 0 aliphatic heterocycles. The number of aliphatic imine (C=N–C) groups is 1. The summed E-state index contributed by atoms with van der Waals surface area (Å²) < 4.78 is 5.50. The lowest BCUT2D eigenvalue weighted by Crippen LogP contribution is -2.14. The second-order valence-corrected chi connectivity index (χ2v) is 6.64. The summed E-state index contributed by atoms with van der Waals surface area (Å²) in [5.74, 6) is 0.774. The fourth-order valence-corrected chi connectivity index (χ4v) is 2.20. The molecule has 7 heteroatoms. The molecule has 7 nitrogen and oxygen atoms in total. The Hall–Kier alpha value is -3.35. The van der Waals surface area contributed by atoms with Crippen molar-refractivity contribution < 1.29 is 9.84 Å². The number of unbranched alkanes of at least 4 members (excludes halogenated alkanes) is 2. The van der Waals surface area contributed by atoms with Crippen LogP contribution >= 0.6 is 0 Å². The van der Waals surface area contributed by atoms with Gasteiger partial charge in [-0.2, -0.15) is 0 Å². The summed E-state index contributed by atoms with van der Waals surface area (Å²) in [6, 6.07) is 10.3. The van der Waals surface area contributed by atoms with Crippen LogP contribution in [0.15, 0.2) is 66.3 Å². The van der Waals surface area contributed by atoms with Crippen molar-refractivity contribution in [2.75, 3.05) is 0 Å². The third kappa shape index (κ3) is 10.3. The van der Waals surface area contributed by atoms with Crippen LogP contribution in [-0.4, -0.2) is 32.0 Å². The number of phenolic OH excluding ortho intramolecular Hbond substituents is 1. The van der Waals surface area contributed by atoms with Gasteiger partial charge in [-0.25, -0.2) is 9.98 Å². The number of H-pyrrole nitrogens is 1. The number of ether oxygens (including phenoxy) is 1. The fraction of sp³-hybridized carbons (Fsp3) is 0.348. The Balaban J connectivity index is 0.000000369. The van der Waals surface area contributed by atoms with Gasteiger partial charge >= 0.3 is 0 Å². The van der Waals surface area contributed by atoms with Crippen molar-refractivity contribution in [1.29, 1.82) is 0 Å². The Morgan fingerprint density at radius 1 is 1.17 bits per heavy atom. The van der Waals surface area contributed by atoms with E-state index in [1.807, 2.05) is 26.0 Å². The Labute approximate surface area is 179 Å². The summed E-state index contributed by atoms with van der Waals surface area (Å²) in [6.45, 7) is 8.20. The monoisotopic (exact) mass is 411 g/mol. The van der Waals surface area contributed by atoms with Crippen molar-refractivity contribution in [3.05, 3.63) is 67.0 Å². The quantitative estimate of drug-likeness (QED) is 0.381. The van der Waals surface area contributed by atoms with Gasteiger partial charge in [-0.3, -0.25) is 4.98 Å². The number of rotatable bonds is 6. The number of amidine groups is 1. The van der Waals surface area contributed by atoms with Gasteiger partial charge in [0.25, 0.3) is 0 Å². The van der Waals surface area contributed by atoms with E-state index in [2.05, 4.69) is 33.8 Å². The van der Waals surface area contributed by atoms with Crippen LogP contribution in [0.4, 0.5) is 5.69 Å². The molecule has 4 N–H and O–H groups in total. The number of phenols is 1. The zero-order chi connectivity index (χ0) is 22.2. The molecule has 0 fully saturated rings. The SMILES string of the molecule is CC(C)Oc1cc(N=C(N)c2ccccn2)ccc1O.CCCCC.c1c[nH]cn1. The average Bonchev–Trinajstić information content (AvgIpc) is 3.32. The van der Waals surface area contributed by atoms with Crippen molar-refractivity contribution in [2.24, 2.45) is 10.7 Å². The number of nitrogens with two attached hydrogens (primary N) is 1. The zero-order valence-electron chi connectivity index (χ0n) is 18.2. The summed E-state index contributed by atoms with van der Waals surface area (Å²) in [5.41, 5.74) is 7.10. The highest BCUT2D eigenvalue weighted by molar-refractivity contribution is 5.97. The molecule has 0 spiro atoms. The van der Waals surface area contributed by atoms with E-state index in [1.165, 1.54) is 25.3 Å². The number of aromatic nitrogens is 3. The summed E-state index contributed by atoms with van der Waals surface area (Å²) in [4.78, 5) is 14.8. The van der Waals surface area contributed by atoms with Crippen LogP contribution in [0.1, 0.15) is 52.7 Å². The van der Waals surface area contributed by atoms with E-state index in [1.54, 1.807) is 43.1 Å². The van der Waals surface area contributed by atoms with Crippen molar-refractivity contribution in [3.8, 4) is 11.5 Å². The molecule has 3 aromatic rings. The van der Waals surface area contributed by atoms with Gasteiger partial charge in [0.05, 0.1) is 18.1 Å². The lowest BCUT2D eigenvalue weighted by molar-refractivity contribution is 0.232. The molecule has 2 heterocycles. The molecule has 2 aromatic heterocycles. The molecule has 0 bridgehead atoms. The first-order valence-electron chi connectivity index (χ1n) is 10.2. The van der Waals surface area contributed by atoms with Gasteiger partial charge in [0.1, 0.15) is 11.5 Å². The van der Waals surface area contributed by atoms with E-state index >= 15 is 0 Å². The minimum Gasteiger partial charge on any atom is -0.504 e. The number of hydrogen-bond donors (Lipinski definition) is 3. The van der Waals surface area contributed by atoms with Crippen molar-refractivity contribution in [3.63, 3.8) is 0 Å².